The summed E-state index contributed by atoms with van der Waals surface area (Å²) in [4.78, 5) is 0. The summed E-state index contributed by atoms with van der Waals surface area (Å²) in [7, 11) is 0. The van der Waals surface area contributed by atoms with Crippen molar-refractivity contribution in [3.8, 4) is 0 Å². The average molecular weight is 212 g/mol. The third-order valence-electron chi connectivity index (χ3n) is 3.92. The van der Waals surface area contributed by atoms with Crippen LogP contribution >= 0.6 is 0 Å². The van der Waals surface area contributed by atoms with Crippen LogP contribution in [-0.4, -0.2) is 38.1 Å². The molecule has 3 nitrogen and oxygen atoms in total. The van der Waals surface area contributed by atoms with Crippen molar-refractivity contribution >= 4 is 0 Å². The molecule has 0 bridgehead atoms. The van der Waals surface area contributed by atoms with Crippen LogP contribution in [0.1, 0.15) is 32.1 Å². The fraction of sp³-hybridized carbons (Fsp3) is 1.00. The standard InChI is InChI=1S/C12H20O3/c1-2-4-10(5-3-1)12(9-15-12)8-13-6-11-7-14-11/h10-11H,1-9H2. The highest BCUT2D eigenvalue weighted by atomic mass is 16.6. The van der Waals surface area contributed by atoms with Crippen LogP contribution in [0.5, 0.6) is 0 Å². The molecule has 1 aliphatic carbocycles. The molecule has 1 saturated carbocycles. The molecule has 0 aromatic rings. The van der Waals surface area contributed by atoms with Crippen molar-refractivity contribution in [1.29, 1.82) is 0 Å². The van der Waals surface area contributed by atoms with E-state index in [9.17, 15) is 0 Å². The van der Waals surface area contributed by atoms with E-state index < -0.39 is 0 Å². The minimum Gasteiger partial charge on any atom is -0.376 e. The second-order valence-electron chi connectivity index (χ2n) is 5.16. The molecule has 0 amide bonds. The number of ether oxygens (including phenoxy) is 3. The lowest BCUT2D eigenvalue weighted by Crippen LogP contribution is -2.32. The second kappa shape index (κ2) is 4.04. The Morgan fingerprint density at radius 3 is 2.53 bits per heavy atom. The first kappa shape index (κ1) is 10.1. The van der Waals surface area contributed by atoms with Crippen LogP contribution in [0.15, 0.2) is 0 Å². The van der Waals surface area contributed by atoms with E-state index in [1.165, 1.54) is 32.1 Å². The Morgan fingerprint density at radius 2 is 1.93 bits per heavy atom. The summed E-state index contributed by atoms with van der Waals surface area (Å²) in [5.74, 6) is 0.756. The summed E-state index contributed by atoms with van der Waals surface area (Å²) in [5, 5.41) is 0. The number of epoxide rings is 2. The maximum atomic E-state index is 5.69. The number of rotatable bonds is 5. The van der Waals surface area contributed by atoms with Gasteiger partial charge < -0.3 is 14.2 Å². The normalized spacial score (nSPS) is 40.4. The topological polar surface area (TPSA) is 34.3 Å². The molecule has 3 fully saturated rings. The highest BCUT2D eigenvalue weighted by Crippen LogP contribution is 2.43. The van der Waals surface area contributed by atoms with Gasteiger partial charge in [0, 0.05) is 0 Å². The molecule has 0 N–H and O–H groups in total. The Kier molecular flexibility index (Phi) is 2.71. The van der Waals surface area contributed by atoms with Gasteiger partial charge in [-0.3, -0.25) is 0 Å². The first-order valence-electron chi connectivity index (χ1n) is 6.22. The van der Waals surface area contributed by atoms with Gasteiger partial charge in [-0.25, -0.2) is 0 Å². The highest BCUT2D eigenvalue weighted by molar-refractivity contribution is 4.99. The monoisotopic (exact) mass is 212 g/mol. The summed E-state index contributed by atoms with van der Waals surface area (Å²) in [6, 6.07) is 0. The van der Waals surface area contributed by atoms with Crippen molar-refractivity contribution in [2.75, 3.05) is 26.4 Å². The van der Waals surface area contributed by atoms with Gasteiger partial charge in [0.2, 0.25) is 0 Å². The van der Waals surface area contributed by atoms with E-state index >= 15 is 0 Å². The summed E-state index contributed by atoms with van der Waals surface area (Å²) in [5.41, 5.74) is 0.106. The van der Waals surface area contributed by atoms with Crippen molar-refractivity contribution in [1.82, 2.24) is 0 Å². The Bertz CT molecular complexity index is 215. The summed E-state index contributed by atoms with van der Waals surface area (Å²) in [6.07, 6.45) is 7.21. The largest absolute Gasteiger partial charge is 0.376 e. The number of hydrogen-bond donors (Lipinski definition) is 0. The van der Waals surface area contributed by atoms with E-state index in [0.29, 0.717) is 6.10 Å². The van der Waals surface area contributed by atoms with E-state index in [0.717, 1.165) is 32.3 Å². The summed E-state index contributed by atoms with van der Waals surface area (Å²) >= 11 is 0. The minimum absolute atomic E-state index is 0.106. The average Bonchev–Trinajstić information content (AvgIpc) is 3.14. The molecule has 2 saturated heterocycles. The van der Waals surface area contributed by atoms with Crippen molar-refractivity contribution in [2.45, 2.75) is 43.8 Å². The van der Waals surface area contributed by atoms with Gasteiger partial charge in [0.05, 0.1) is 26.4 Å². The van der Waals surface area contributed by atoms with E-state index in [1.807, 2.05) is 0 Å². The maximum absolute atomic E-state index is 5.69. The third kappa shape index (κ3) is 2.35. The quantitative estimate of drug-likeness (QED) is 0.651. The van der Waals surface area contributed by atoms with E-state index in [4.69, 9.17) is 14.2 Å². The van der Waals surface area contributed by atoms with Crippen molar-refractivity contribution in [3.63, 3.8) is 0 Å². The molecule has 2 unspecified atom stereocenters. The molecule has 2 heterocycles. The molecule has 0 aromatic heterocycles. The van der Waals surface area contributed by atoms with Crippen LogP contribution < -0.4 is 0 Å². The van der Waals surface area contributed by atoms with Gasteiger partial charge in [-0.1, -0.05) is 19.3 Å². The molecular weight excluding hydrogens is 192 g/mol. The number of hydrogen-bond acceptors (Lipinski definition) is 3. The predicted octanol–water partition coefficient (Wildman–Crippen LogP) is 1.75. The van der Waals surface area contributed by atoms with E-state index in [-0.39, 0.29) is 5.60 Å². The van der Waals surface area contributed by atoms with Gasteiger partial charge >= 0.3 is 0 Å². The van der Waals surface area contributed by atoms with E-state index in [2.05, 4.69) is 0 Å². The lowest BCUT2D eigenvalue weighted by molar-refractivity contribution is 0.0349. The Balaban J connectivity index is 1.44. The Hall–Kier alpha value is -0.120. The molecule has 0 spiro atoms. The maximum Gasteiger partial charge on any atom is 0.118 e. The molecule has 3 rings (SSSR count). The van der Waals surface area contributed by atoms with Crippen LogP contribution in [0.25, 0.3) is 0 Å². The first-order valence-corrected chi connectivity index (χ1v) is 6.22. The van der Waals surface area contributed by atoms with Gasteiger partial charge in [0.25, 0.3) is 0 Å². The molecule has 86 valence electrons. The van der Waals surface area contributed by atoms with Crippen LogP contribution in [0.4, 0.5) is 0 Å². The lowest BCUT2D eigenvalue weighted by atomic mass is 9.80. The zero-order chi connectivity index (χ0) is 10.1. The summed E-state index contributed by atoms with van der Waals surface area (Å²) < 4.78 is 16.5. The van der Waals surface area contributed by atoms with Gasteiger partial charge in [-0.15, -0.1) is 0 Å². The van der Waals surface area contributed by atoms with Crippen molar-refractivity contribution in [2.24, 2.45) is 5.92 Å². The van der Waals surface area contributed by atoms with Crippen molar-refractivity contribution in [3.05, 3.63) is 0 Å². The zero-order valence-electron chi connectivity index (χ0n) is 9.24. The smallest absolute Gasteiger partial charge is 0.118 e. The SMILES string of the molecule is C1CCC(C2(COCC3CO3)CO2)CC1. The highest BCUT2D eigenvalue weighted by Gasteiger charge is 2.51. The minimum atomic E-state index is 0.106. The zero-order valence-corrected chi connectivity index (χ0v) is 9.24. The molecular formula is C12H20O3. The van der Waals surface area contributed by atoms with Crippen LogP contribution in [0, 0.1) is 5.92 Å². The van der Waals surface area contributed by atoms with E-state index in [1.54, 1.807) is 0 Å². The molecule has 3 aliphatic rings. The van der Waals surface area contributed by atoms with Crippen molar-refractivity contribution < 1.29 is 14.2 Å². The van der Waals surface area contributed by atoms with Gasteiger partial charge in [-0.05, 0) is 18.8 Å². The molecule has 2 atom stereocenters. The fourth-order valence-electron chi connectivity index (χ4n) is 2.69. The summed E-state index contributed by atoms with van der Waals surface area (Å²) in [6.45, 7) is 3.36. The molecule has 0 radical (unpaired) electrons. The van der Waals surface area contributed by atoms with Gasteiger partial charge in [0.1, 0.15) is 11.7 Å². The first-order chi connectivity index (χ1) is 7.39. The molecule has 3 heteroatoms. The van der Waals surface area contributed by atoms with Gasteiger partial charge in [0.15, 0.2) is 0 Å². The predicted molar refractivity (Wildman–Crippen MR) is 55.8 cm³/mol. The van der Waals surface area contributed by atoms with Gasteiger partial charge in [-0.2, -0.15) is 0 Å². The fourth-order valence-corrected chi connectivity index (χ4v) is 2.69. The molecule has 15 heavy (non-hydrogen) atoms. The third-order valence-corrected chi connectivity index (χ3v) is 3.92. The Labute approximate surface area is 91.1 Å². The Morgan fingerprint density at radius 1 is 1.20 bits per heavy atom. The molecule has 2 aliphatic heterocycles. The van der Waals surface area contributed by atoms with Crippen LogP contribution in [0.3, 0.4) is 0 Å². The molecule has 0 aromatic carbocycles. The lowest BCUT2D eigenvalue weighted by Gasteiger charge is -2.27. The van der Waals surface area contributed by atoms with Crippen LogP contribution in [-0.2, 0) is 14.2 Å². The van der Waals surface area contributed by atoms with Crippen LogP contribution in [0.2, 0.25) is 0 Å². The second-order valence-corrected chi connectivity index (χ2v) is 5.16.